The summed E-state index contributed by atoms with van der Waals surface area (Å²) in [4.78, 5) is 23.9. The molecule has 5 heteroatoms. The first-order chi connectivity index (χ1) is 9.46. The standard InChI is InChI=1S/C15H23NO4/c1-8-4-5-11-9(2)12(17)16-13-15(11)10(8)6-7-14(3,18-13)19-20-15/h8-11,13H,4-7H2,1-3H3,(H,16,17)/t8-,9-,10+,11+,13?,14-,15?/m1/s1. The molecule has 4 aliphatic heterocycles. The molecule has 5 fully saturated rings. The Morgan fingerprint density at radius 3 is 2.75 bits per heavy atom. The van der Waals surface area contributed by atoms with Crippen molar-refractivity contribution >= 4 is 5.91 Å². The smallest absolute Gasteiger partial charge is 0.225 e. The van der Waals surface area contributed by atoms with E-state index in [9.17, 15) is 4.79 Å². The Balaban J connectivity index is 1.84. The van der Waals surface area contributed by atoms with E-state index in [0.717, 1.165) is 25.7 Å². The van der Waals surface area contributed by atoms with E-state index in [0.29, 0.717) is 11.8 Å². The van der Waals surface area contributed by atoms with E-state index < -0.39 is 11.4 Å². The maximum atomic E-state index is 12.2. The highest BCUT2D eigenvalue weighted by molar-refractivity contribution is 5.80. The van der Waals surface area contributed by atoms with Crippen LogP contribution in [0.25, 0.3) is 0 Å². The van der Waals surface area contributed by atoms with Gasteiger partial charge in [-0.2, -0.15) is 0 Å². The van der Waals surface area contributed by atoms with Gasteiger partial charge in [-0.15, -0.1) is 0 Å². The number of piperidine rings is 1. The maximum absolute atomic E-state index is 12.2. The van der Waals surface area contributed by atoms with Gasteiger partial charge in [0.2, 0.25) is 11.7 Å². The van der Waals surface area contributed by atoms with Gasteiger partial charge in [0.25, 0.3) is 0 Å². The minimum atomic E-state index is -0.731. The topological polar surface area (TPSA) is 56.8 Å². The van der Waals surface area contributed by atoms with Crippen molar-refractivity contribution in [1.82, 2.24) is 5.32 Å². The molecule has 0 aromatic rings. The van der Waals surface area contributed by atoms with Crippen LogP contribution in [-0.2, 0) is 19.3 Å². The van der Waals surface area contributed by atoms with Crippen LogP contribution in [0, 0.1) is 23.7 Å². The Morgan fingerprint density at radius 2 is 1.95 bits per heavy atom. The molecular weight excluding hydrogens is 258 g/mol. The number of carbonyl (C=O) groups is 1. The van der Waals surface area contributed by atoms with Gasteiger partial charge >= 0.3 is 0 Å². The first-order valence-corrected chi connectivity index (χ1v) is 7.81. The van der Waals surface area contributed by atoms with E-state index in [-0.39, 0.29) is 24.0 Å². The Bertz CT molecular complexity index is 455. The van der Waals surface area contributed by atoms with Gasteiger partial charge in [-0.25, -0.2) is 9.78 Å². The molecule has 0 aromatic carbocycles. The van der Waals surface area contributed by atoms with E-state index in [1.807, 2.05) is 13.8 Å². The highest BCUT2D eigenvalue weighted by Gasteiger charge is 2.68. The molecule has 1 saturated carbocycles. The first kappa shape index (κ1) is 13.0. The Labute approximate surface area is 119 Å². The Morgan fingerprint density at radius 1 is 1.15 bits per heavy atom. The molecule has 1 N–H and O–H groups in total. The van der Waals surface area contributed by atoms with Crippen LogP contribution in [0.1, 0.15) is 46.5 Å². The number of carbonyl (C=O) groups excluding carboxylic acids is 1. The van der Waals surface area contributed by atoms with Crippen molar-refractivity contribution < 1.29 is 19.3 Å². The molecule has 7 atom stereocenters. The molecule has 5 rings (SSSR count). The van der Waals surface area contributed by atoms with Gasteiger partial charge in [-0.05, 0) is 38.0 Å². The molecule has 1 amide bonds. The fourth-order valence-electron chi connectivity index (χ4n) is 4.92. The summed E-state index contributed by atoms with van der Waals surface area (Å²) in [5.74, 6) is 0.452. The van der Waals surface area contributed by atoms with Gasteiger partial charge in [-0.1, -0.05) is 13.8 Å². The van der Waals surface area contributed by atoms with Crippen molar-refractivity contribution in [2.24, 2.45) is 23.7 Å². The van der Waals surface area contributed by atoms with Crippen LogP contribution in [-0.4, -0.2) is 23.5 Å². The highest BCUT2D eigenvalue weighted by Crippen LogP contribution is 2.58. The summed E-state index contributed by atoms with van der Waals surface area (Å²) in [6, 6.07) is 0. The van der Waals surface area contributed by atoms with Crippen molar-refractivity contribution in [3.05, 3.63) is 0 Å². The molecule has 1 spiro atoms. The minimum absolute atomic E-state index is 0.0455. The highest BCUT2D eigenvalue weighted by atomic mass is 17.3. The second-order valence-corrected chi connectivity index (χ2v) is 7.26. The van der Waals surface area contributed by atoms with E-state index >= 15 is 0 Å². The van der Waals surface area contributed by atoms with Crippen molar-refractivity contribution in [3.8, 4) is 0 Å². The van der Waals surface area contributed by atoms with E-state index in [4.69, 9.17) is 14.5 Å². The number of amides is 1. The quantitative estimate of drug-likeness (QED) is 0.690. The predicted octanol–water partition coefficient (Wildman–Crippen LogP) is 1.97. The number of fused-ring (bicyclic) bond motifs is 2. The number of ether oxygens (including phenoxy) is 1. The summed E-state index contributed by atoms with van der Waals surface area (Å²) < 4.78 is 6.12. The first-order valence-electron chi connectivity index (χ1n) is 7.81. The molecule has 2 unspecified atom stereocenters. The van der Waals surface area contributed by atoms with Crippen molar-refractivity contribution in [1.29, 1.82) is 0 Å². The molecule has 4 saturated heterocycles. The van der Waals surface area contributed by atoms with Gasteiger partial charge in [0.15, 0.2) is 11.8 Å². The molecule has 5 nitrogen and oxygen atoms in total. The van der Waals surface area contributed by atoms with Gasteiger partial charge in [0, 0.05) is 18.3 Å². The molecule has 112 valence electrons. The van der Waals surface area contributed by atoms with Gasteiger partial charge in [-0.3, -0.25) is 4.79 Å². The molecule has 20 heavy (non-hydrogen) atoms. The lowest BCUT2D eigenvalue weighted by Gasteiger charge is -2.58. The lowest BCUT2D eigenvalue weighted by Crippen LogP contribution is -2.74. The molecule has 2 bridgehead atoms. The van der Waals surface area contributed by atoms with Crippen LogP contribution in [0.5, 0.6) is 0 Å². The summed E-state index contributed by atoms with van der Waals surface area (Å²) >= 11 is 0. The lowest BCUT2D eigenvalue weighted by molar-refractivity contribution is -0.538. The fraction of sp³-hybridized carbons (Fsp3) is 0.933. The summed E-state index contributed by atoms with van der Waals surface area (Å²) in [6.45, 7) is 6.19. The molecule has 0 radical (unpaired) electrons. The van der Waals surface area contributed by atoms with E-state index in [1.165, 1.54) is 0 Å². The summed E-state index contributed by atoms with van der Waals surface area (Å²) in [7, 11) is 0. The summed E-state index contributed by atoms with van der Waals surface area (Å²) in [6.07, 6.45) is 3.64. The van der Waals surface area contributed by atoms with Crippen LogP contribution in [0.15, 0.2) is 0 Å². The monoisotopic (exact) mass is 281 g/mol. The predicted molar refractivity (Wildman–Crippen MR) is 70.1 cm³/mol. The lowest BCUT2D eigenvalue weighted by atomic mass is 9.57. The maximum Gasteiger partial charge on any atom is 0.225 e. The van der Waals surface area contributed by atoms with Crippen LogP contribution in [0.2, 0.25) is 0 Å². The fourth-order valence-corrected chi connectivity index (χ4v) is 4.92. The van der Waals surface area contributed by atoms with E-state index in [2.05, 4.69) is 12.2 Å². The van der Waals surface area contributed by atoms with Gasteiger partial charge in [0.1, 0.15) is 0 Å². The van der Waals surface area contributed by atoms with Crippen LogP contribution in [0.4, 0.5) is 0 Å². The third-order valence-electron chi connectivity index (χ3n) is 6.12. The second-order valence-electron chi connectivity index (χ2n) is 7.26. The average Bonchev–Trinajstić information content (AvgIpc) is 2.63. The number of hydrogen-bond acceptors (Lipinski definition) is 4. The molecule has 0 aromatic heterocycles. The molecule has 5 aliphatic rings. The van der Waals surface area contributed by atoms with Crippen LogP contribution >= 0.6 is 0 Å². The zero-order chi connectivity index (χ0) is 14.1. The third-order valence-corrected chi connectivity index (χ3v) is 6.12. The van der Waals surface area contributed by atoms with Crippen LogP contribution in [0.3, 0.4) is 0 Å². The van der Waals surface area contributed by atoms with Crippen molar-refractivity contribution in [2.75, 3.05) is 0 Å². The number of hydrogen-bond donors (Lipinski definition) is 1. The summed E-state index contributed by atoms with van der Waals surface area (Å²) in [5, 5.41) is 3.04. The van der Waals surface area contributed by atoms with Gasteiger partial charge < -0.3 is 10.1 Å². The second kappa shape index (κ2) is 3.96. The van der Waals surface area contributed by atoms with E-state index in [1.54, 1.807) is 0 Å². The number of rotatable bonds is 0. The molecular formula is C15H23NO4. The zero-order valence-electron chi connectivity index (χ0n) is 12.3. The normalized spacial score (nSPS) is 57.8. The number of nitrogens with one attached hydrogen (secondary N) is 1. The molecule has 1 aliphatic carbocycles. The summed E-state index contributed by atoms with van der Waals surface area (Å²) in [5.41, 5.74) is -0.499. The zero-order valence-corrected chi connectivity index (χ0v) is 12.3. The van der Waals surface area contributed by atoms with Crippen LogP contribution < -0.4 is 5.32 Å². The average molecular weight is 281 g/mol. The Hall–Kier alpha value is -0.650. The largest absolute Gasteiger partial charge is 0.328 e. The Kier molecular flexibility index (Phi) is 2.58. The third kappa shape index (κ3) is 1.46. The van der Waals surface area contributed by atoms with Gasteiger partial charge in [0.05, 0.1) is 0 Å². The minimum Gasteiger partial charge on any atom is -0.328 e. The molecule has 4 heterocycles. The SMILES string of the molecule is C[C@@H]1CC[C@H]2[C@@H](C)C(=O)NC3O[C@@]4(C)CC[C@@H]1C32OO4. The van der Waals surface area contributed by atoms with Crippen molar-refractivity contribution in [2.45, 2.75) is 64.1 Å². The van der Waals surface area contributed by atoms with Crippen molar-refractivity contribution in [3.63, 3.8) is 0 Å².